The number of carbonyl (C=O) groups is 1. The highest BCUT2D eigenvalue weighted by Gasteiger charge is 2.18. The third-order valence-electron chi connectivity index (χ3n) is 1.72. The molecular weight excluding hydrogens is 208 g/mol. The molecule has 0 aliphatic rings. The normalized spacial score (nSPS) is 13.9. The predicted molar refractivity (Wildman–Crippen MR) is 51.0 cm³/mol. The fourth-order valence-corrected chi connectivity index (χ4v) is 1.42. The Morgan fingerprint density at radius 1 is 1.57 bits per heavy atom. The number of hydrogen-bond donors (Lipinski definition) is 2. The molecule has 0 aliphatic heterocycles. The molecule has 0 bridgehead atoms. The van der Waals surface area contributed by atoms with Crippen LogP contribution in [0.3, 0.4) is 0 Å². The predicted octanol–water partition coefficient (Wildman–Crippen LogP) is -1.08. The number of nitrogens with zero attached hydrogens (tertiary/aromatic N) is 1. The van der Waals surface area contributed by atoms with Gasteiger partial charge < -0.3 is 14.1 Å². The van der Waals surface area contributed by atoms with Crippen LogP contribution in [0.15, 0.2) is 0 Å². The summed E-state index contributed by atoms with van der Waals surface area (Å²) in [5.41, 5.74) is 0. The third-order valence-corrected chi connectivity index (χ3v) is 2.16. The first-order valence-electron chi connectivity index (χ1n) is 4.20. The maximum Gasteiger partial charge on any atom is 0.359 e. The first kappa shape index (κ1) is 13.5. The van der Waals surface area contributed by atoms with Gasteiger partial charge in [0.1, 0.15) is 0 Å². The van der Waals surface area contributed by atoms with Crippen LogP contribution in [-0.2, 0) is 16.1 Å². The van der Waals surface area contributed by atoms with Crippen LogP contribution in [-0.4, -0.2) is 58.1 Å². The van der Waals surface area contributed by atoms with Gasteiger partial charge in [0.05, 0.1) is 20.6 Å². The van der Waals surface area contributed by atoms with Crippen LogP contribution in [0.5, 0.6) is 0 Å². The molecule has 6 nitrogen and oxygen atoms in total. The number of likely N-dealkylation sites (N-methyl/N-ethyl adjacent to an activating group) is 1. The van der Waals surface area contributed by atoms with Crippen molar-refractivity contribution < 1.29 is 23.1 Å². The quantitative estimate of drug-likeness (QED) is 0.327. The van der Waals surface area contributed by atoms with Gasteiger partial charge in [-0.25, -0.2) is 9.52 Å². The van der Waals surface area contributed by atoms with Crippen molar-refractivity contribution in [1.29, 1.82) is 0 Å². The summed E-state index contributed by atoms with van der Waals surface area (Å²) in [5.74, 6) is -0.852. The van der Waals surface area contributed by atoms with E-state index in [9.17, 15) is 13.6 Å². The molecule has 0 radical (unpaired) electrons. The van der Waals surface area contributed by atoms with Crippen molar-refractivity contribution >= 4 is 17.2 Å². The monoisotopic (exact) mass is 224 g/mol. The minimum Gasteiger partial charge on any atom is -0.760 e. The molecule has 0 aromatic heterocycles. The summed E-state index contributed by atoms with van der Waals surface area (Å²) < 4.78 is 22.8. The zero-order chi connectivity index (χ0) is 11.2. The van der Waals surface area contributed by atoms with E-state index in [1.807, 2.05) is 0 Å². The molecule has 7 heteroatoms. The van der Waals surface area contributed by atoms with E-state index in [0.717, 1.165) is 0 Å². The van der Waals surface area contributed by atoms with Crippen molar-refractivity contribution in [2.45, 2.75) is 6.42 Å². The Morgan fingerprint density at radius 2 is 2.14 bits per heavy atom. The molecule has 84 valence electrons. The van der Waals surface area contributed by atoms with E-state index in [-0.39, 0.29) is 6.54 Å². The van der Waals surface area contributed by atoms with Crippen molar-refractivity contribution in [1.82, 2.24) is 4.72 Å². The standard InChI is InChI=1S/C7H16N2O4S/c1-9(2,6-7(10)11)5-3-4-8-14(12)13/h8H,3-6H2,1-2H3,(H-,10,11,12,13). The average Bonchev–Trinajstić information content (AvgIpc) is 1.95. The lowest BCUT2D eigenvalue weighted by Gasteiger charge is -2.27. The van der Waals surface area contributed by atoms with Crippen LogP contribution in [0.1, 0.15) is 6.42 Å². The highest BCUT2D eigenvalue weighted by Crippen LogP contribution is 1.98. The minimum absolute atomic E-state index is 0.0421. The van der Waals surface area contributed by atoms with Gasteiger partial charge in [-0.2, -0.15) is 0 Å². The first-order chi connectivity index (χ1) is 6.33. The number of quaternary nitrogens is 1. The number of hydrogen-bond acceptors (Lipinski definition) is 3. The Morgan fingerprint density at radius 3 is 2.57 bits per heavy atom. The van der Waals surface area contributed by atoms with E-state index >= 15 is 0 Å². The van der Waals surface area contributed by atoms with Crippen molar-refractivity contribution in [2.24, 2.45) is 0 Å². The summed E-state index contributed by atoms with van der Waals surface area (Å²) in [6.07, 6.45) is 0.619. The Bertz CT molecular complexity index is 220. The molecule has 0 rings (SSSR count). The second-order valence-corrected chi connectivity index (χ2v) is 4.45. The van der Waals surface area contributed by atoms with E-state index in [1.165, 1.54) is 0 Å². The van der Waals surface area contributed by atoms with Gasteiger partial charge in [-0.05, 0) is 0 Å². The highest BCUT2D eigenvalue weighted by atomic mass is 32.2. The Kier molecular flexibility index (Phi) is 5.86. The smallest absolute Gasteiger partial charge is 0.359 e. The fourth-order valence-electron chi connectivity index (χ4n) is 1.11. The van der Waals surface area contributed by atoms with E-state index in [4.69, 9.17) is 5.11 Å². The summed E-state index contributed by atoms with van der Waals surface area (Å²) in [6.45, 7) is 1.01. The number of carboxylic acids is 1. The minimum atomic E-state index is -2.23. The molecule has 0 aliphatic carbocycles. The van der Waals surface area contributed by atoms with Gasteiger partial charge in [-0.15, -0.1) is 0 Å². The SMILES string of the molecule is C[N+](C)(CCCNS(=O)[O-])CC(=O)O. The van der Waals surface area contributed by atoms with Crippen LogP contribution in [0.4, 0.5) is 0 Å². The third kappa shape index (κ3) is 8.11. The average molecular weight is 224 g/mol. The molecule has 2 N–H and O–H groups in total. The topological polar surface area (TPSA) is 89.5 Å². The van der Waals surface area contributed by atoms with Gasteiger partial charge in [0, 0.05) is 24.2 Å². The molecule has 0 heterocycles. The Balaban J connectivity index is 3.65. The summed E-state index contributed by atoms with van der Waals surface area (Å²) in [6, 6.07) is 0. The molecule has 0 spiro atoms. The van der Waals surface area contributed by atoms with E-state index in [2.05, 4.69) is 4.72 Å². The molecule has 1 atom stereocenters. The lowest BCUT2D eigenvalue weighted by Crippen LogP contribution is -2.45. The van der Waals surface area contributed by atoms with Crippen LogP contribution < -0.4 is 4.72 Å². The second-order valence-electron chi connectivity index (χ2n) is 3.69. The number of aliphatic carboxylic acids is 1. The van der Waals surface area contributed by atoms with Crippen molar-refractivity contribution in [3.8, 4) is 0 Å². The second kappa shape index (κ2) is 6.07. The highest BCUT2D eigenvalue weighted by molar-refractivity contribution is 7.77. The van der Waals surface area contributed by atoms with Crippen LogP contribution in [0.25, 0.3) is 0 Å². The Labute approximate surface area is 85.9 Å². The lowest BCUT2D eigenvalue weighted by molar-refractivity contribution is -0.883. The van der Waals surface area contributed by atoms with Gasteiger partial charge in [0.15, 0.2) is 6.54 Å². The van der Waals surface area contributed by atoms with Gasteiger partial charge in [-0.3, -0.25) is 4.21 Å². The van der Waals surface area contributed by atoms with Gasteiger partial charge in [-0.1, -0.05) is 0 Å². The number of nitrogens with one attached hydrogen (secondary N) is 1. The van der Waals surface area contributed by atoms with E-state index in [1.54, 1.807) is 14.1 Å². The zero-order valence-electron chi connectivity index (χ0n) is 8.36. The van der Waals surface area contributed by atoms with Crippen LogP contribution in [0, 0.1) is 0 Å². The van der Waals surface area contributed by atoms with E-state index in [0.29, 0.717) is 24.0 Å². The maximum atomic E-state index is 10.4. The summed E-state index contributed by atoms with van der Waals surface area (Å²) in [4.78, 5) is 10.4. The Hall–Kier alpha value is -0.500. The molecule has 1 unspecified atom stereocenters. The van der Waals surface area contributed by atoms with Crippen LogP contribution in [0.2, 0.25) is 0 Å². The molecule has 0 aromatic carbocycles. The maximum absolute atomic E-state index is 10.4. The van der Waals surface area contributed by atoms with Gasteiger partial charge in [0.25, 0.3) is 0 Å². The molecule has 0 saturated carbocycles. The number of rotatable bonds is 7. The molecule has 0 fully saturated rings. The molecule has 0 amide bonds. The molecule has 0 aromatic rings. The molecule has 0 saturated heterocycles. The fraction of sp³-hybridized carbons (Fsp3) is 0.857. The van der Waals surface area contributed by atoms with Gasteiger partial charge >= 0.3 is 5.97 Å². The van der Waals surface area contributed by atoms with Crippen molar-refractivity contribution in [3.05, 3.63) is 0 Å². The zero-order valence-corrected chi connectivity index (χ0v) is 9.17. The summed E-state index contributed by atoms with van der Waals surface area (Å²) >= 11 is -2.23. The first-order valence-corrected chi connectivity index (χ1v) is 5.27. The number of carboxylic acid groups (broad SMARTS) is 1. The molecule has 14 heavy (non-hydrogen) atoms. The summed E-state index contributed by atoms with van der Waals surface area (Å²) in [5, 5.41) is 8.56. The van der Waals surface area contributed by atoms with E-state index < -0.39 is 17.2 Å². The van der Waals surface area contributed by atoms with Crippen molar-refractivity contribution in [3.63, 3.8) is 0 Å². The van der Waals surface area contributed by atoms with Crippen LogP contribution >= 0.6 is 0 Å². The lowest BCUT2D eigenvalue weighted by atomic mass is 10.3. The largest absolute Gasteiger partial charge is 0.760 e. The van der Waals surface area contributed by atoms with Gasteiger partial charge in [0.2, 0.25) is 0 Å². The molecular formula is C7H16N2O4S. The van der Waals surface area contributed by atoms with Crippen molar-refractivity contribution in [2.75, 3.05) is 33.7 Å². The summed E-state index contributed by atoms with van der Waals surface area (Å²) in [7, 11) is 3.59.